The van der Waals surface area contributed by atoms with Gasteiger partial charge in [0.25, 0.3) is 0 Å². The van der Waals surface area contributed by atoms with Gasteiger partial charge in [-0.2, -0.15) is 0 Å². The lowest BCUT2D eigenvalue weighted by Crippen LogP contribution is -2.54. The Kier molecular flexibility index (Phi) is 6.49. The second-order valence-corrected chi connectivity index (χ2v) is 12.0. The highest BCUT2D eigenvalue weighted by Gasteiger charge is 2.55. The zero-order valence-corrected chi connectivity index (χ0v) is 24.0. The van der Waals surface area contributed by atoms with Crippen LogP contribution >= 0.6 is 0 Å². The van der Waals surface area contributed by atoms with Crippen LogP contribution in [-0.4, -0.2) is 66.7 Å². The number of likely N-dealkylation sites (tertiary alicyclic amines) is 1. The van der Waals surface area contributed by atoms with Crippen molar-refractivity contribution in [1.29, 1.82) is 0 Å². The van der Waals surface area contributed by atoms with Crippen molar-refractivity contribution >= 4 is 11.6 Å². The molecule has 6 heteroatoms. The van der Waals surface area contributed by atoms with E-state index in [0.29, 0.717) is 13.1 Å². The number of carbonyl (C=O) groups is 1. The van der Waals surface area contributed by atoms with Gasteiger partial charge < -0.3 is 14.4 Å². The van der Waals surface area contributed by atoms with E-state index in [9.17, 15) is 4.79 Å². The summed E-state index contributed by atoms with van der Waals surface area (Å²) in [4.78, 5) is 20.8. The van der Waals surface area contributed by atoms with Crippen LogP contribution in [0.4, 0.5) is 4.79 Å². The van der Waals surface area contributed by atoms with Crippen LogP contribution in [0.3, 0.4) is 0 Å². The smallest absolute Gasteiger partial charge is 0.325 e. The van der Waals surface area contributed by atoms with Crippen molar-refractivity contribution in [1.82, 2.24) is 14.7 Å². The van der Waals surface area contributed by atoms with Crippen molar-refractivity contribution in [2.24, 2.45) is 0 Å². The molecule has 0 bridgehead atoms. The quantitative estimate of drug-likeness (QED) is 0.478. The third-order valence-electron chi connectivity index (χ3n) is 9.39. The summed E-state index contributed by atoms with van der Waals surface area (Å²) >= 11 is 0. The van der Waals surface area contributed by atoms with E-state index in [-0.39, 0.29) is 17.0 Å². The number of nitrogens with zero attached hydrogens (tertiary/aromatic N) is 3. The SMILES string of the molecule is CCN1C(=O)N2Cc3cc(OC)cc(OC)c3C(C)(C)C=C2C12CCN(CC1=CCCc3ccccc31)CC2. The Morgan fingerprint density at radius 3 is 2.49 bits per heavy atom. The van der Waals surface area contributed by atoms with Crippen LogP contribution in [-0.2, 0) is 18.4 Å². The summed E-state index contributed by atoms with van der Waals surface area (Å²) in [6.07, 6.45) is 8.93. The van der Waals surface area contributed by atoms with Gasteiger partial charge in [0.1, 0.15) is 11.5 Å². The van der Waals surface area contributed by atoms with E-state index in [1.54, 1.807) is 14.2 Å². The molecule has 3 heterocycles. The third kappa shape index (κ3) is 4.15. The molecule has 39 heavy (non-hydrogen) atoms. The molecule has 2 aromatic carbocycles. The molecule has 0 N–H and O–H groups in total. The van der Waals surface area contributed by atoms with E-state index in [1.165, 1.54) is 22.4 Å². The van der Waals surface area contributed by atoms with Crippen molar-refractivity contribution in [3.63, 3.8) is 0 Å². The van der Waals surface area contributed by atoms with Gasteiger partial charge in [-0.1, -0.05) is 50.3 Å². The summed E-state index contributed by atoms with van der Waals surface area (Å²) in [6.45, 7) is 10.8. The van der Waals surface area contributed by atoms with Gasteiger partial charge in [-0.15, -0.1) is 0 Å². The van der Waals surface area contributed by atoms with Gasteiger partial charge in [-0.3, -0.25) is 9.80 Å². The van der Waals surface area contributed by atoms with Crippen LogP contribution in [0.25, 0.3) is 5.57 Å². The van der Waals surface area contributed by atoms with E-state index in [2.05, 4.69) is 73.1 Å². The number of ether oxygens (including phenoxy) is 2. The number of piperidine rings is 1. The Labute approximate surface area is 232 Å². The van der Waals surface area contributed by atoms with Crippen LogP contribution in [0, 0.1) is 0 Å². The minimum atomic E-state index is -0.304. The molecule has 2 aromatic rings. The number of likely N-dealkylation sites (N-methyl/N-ethyl adjacent to an activating group) is 1. The van der Waals surface area contributed by atoms with E-state index in [1.807, 2.05) is 11.0 Å². The van der Waals surface area contributed by atoms with Crippen LogP contribution < -0.4 is 9.47 Å². The Morgan fingerprint density at radius 2 is 1.77 bits per heavy atom. The average Bonchev–Trinajstić information content (AvgIpc) is 3.05. The van der Waals surface area contributed by atoms with Gasteiger partial charge in [-0.25, -0.2) is 4.79 Å². The monoisotopic (exact) mass is 527 g/mol. The molecular weight excluding hydrogens is 486 g/mol. The lowest BCUT2D eigenvalue weighted by atomic mass is 9.77. The molecule has 1 spiro atoms. The molecular formula is C33H41N3O3. The molecule has 6 rings (SSSR count). The highest BCUT2D eigenvalue weighted by molar-refractivity contribution is 5.83. The van der Waals surface area contributed by atoms with Gasteiger partial charge in [-0.05, 0) is 60.9 Å². The average molecular weight is 528 g/mol. The zero-order chi connectivity index (χ0) is 27.4. The maximum atomic E-state index is 14.0. The first-order valence-corrected chi connectivity index (χ1v) is 14.4. The van der Waals surface area contributed by atoms with Crippen LogP contribution in [0.5, 0.6) is 11.5 Å². The number of methoxy groups -OCH3 is 2. The number of benzene rings is 2. The first-order chi connectivity index (χ1) is 18.8. The van der Waals surface area contributed by atoms with E-state index in [0.717, 1.165) is 67.9 Å². The maximum Gasteiger partial charge on any atom is 0.325 e. The van der Waals surface area contributed by atoms with Crippen molar-refractivity contribution in [3.05, 3.63) is 76.5 Å². The number of hydrogen-bond acceptors (Lipinski definition) is 4. The number of hydrogen-bond donors (Lipinski definition) is 0. The predicted octanol–water partition coefficient (Wildman–Crippen LogP) is 6.00. The summed E-state index contributed by atoms with van der Waals surface area (Å²) < 4.78 is 11.4. The lowest BCUT2D eigenvalue weighted by molar-refractivity contribution is 0.0985. The molecule has 2 fully saturated rings. The maximum absolute atomic E-state index is 14.0. The summed E-state index contributed by atoms with van der Waals surface area (Å²) in [5, 5.41) is 0. The molecule has 6 nitrogen and oxygen atoms in total. The van der Waals surface area contributed by atoms with Crippen LogP contribution in [0.2, 0.25) is 0 Å². The minimum absolute atomic E-state index is 0.117. The minimum Gasteiger partial charge on any atom is -0.497 e. The van der Waals surface area contributed by atoms with E-state index < -0.39 is 0 Å². The number of aryl methyl sites for hydroxylation is 1. The Morgan fingerprint density at radius 1 is 1.00 bits per heavy atom. The fourth-order valence-electron chi connectivity index (χ4n) is 7.55. The highest BCUT2D eigenvalue weighted by Crippen LogP contribution is 2.50. The second kappa shape index (κ2) is 9.74. The van der Waals surface area contributed by atoms with E-state index in [4.69, 9.17) is 9.47 Å². The van der Waals surface area contributed by atoms with Gasteiger partial charge in [0.2, 0.25) is 0 Å². The summed E-state index contributed by atoms with van der Waals surface area (Å²) in [6, 6.07) is 13.0. The van der Waals surface area contributed by atoms with Crippen molar-refractivity contribution in [2.75, 3.05) is 40.4 Å². The number of carbonyl (C=O) groups excluding carboxylic acids is 1. The molecule has 2 amide bonds. The molecule has 1 aliphatic carbocycles. The topological polar surface area (TPSA) is 45.3 Å². The Bertz CT molecular complexity index is 1350. The molecule has 4 aliphatic rings. The predicted molar refractivity (Wildman–Crippen MR) is 155 cm³/mol. The first-order valence-electron chi connectivity index (χ1n) is 14.4. The Hall–Kier alpha value is -3.25. The molecule has 0 atom stereocenters. The molecule has 206 valence electrons. The van der Waals surface area contributed by atoms with Crippen molar-refractivity contribution in [2.45, 2.75) is 64.0 Å². The molecule has 0 saturated carbocycles. The second-order valence-electron chi connectivity index (χ2n) is 12.0. The number of fused-ring (bicyclic) bond motifs is 4. The molecule has 0 radical (unpaired) electrons. The molecule has 0 aromatic heterocycles. The number of allylic oxidation sites excluding steroid dienone is 2. The lowest BCUT2D eigenvalue weighted by Gasteiger charge is -2.45. The Balaban J connectivity index is 1.32. The zero-order valence-electron chi connectivity index (χ0n) is 24.0. The fourth-order valence-corrected chi connectivity index (χ4v) is 7.55. The summed E-state index contributed by atoms with van der Waals surface area (Å²) in [7, 11) is 3.39. The van der Waals surface area contributed by atoms with E-state index >= 15 is 0 Å². The molecule has 2 saturated heterocycles. The number of urea groups is 1. The summed E-state index contributed by atoms with van der Waals surface area (Å²) in [5.41, 5.74) is 7.14. The normalized spacial score (nSPS) is 21.5. The van der Waals surface area contributed by atoms with Crippen LogP contribution in [0.15, 0.2) is 54.2 Å². The fraction of sp³-hybridized carbons (Fsp3) is 0.485. The summed E-state index contributed by atoms with van der Waals surface area (Å²) in [5.74, 6) is 1.57. The molecule has 3 aliphatic heterocycles. The largest absolute Gasteiger partial charge is 0.497 e. The van der Waals surface area contributed by atoms with Crippen molar-refractivity contribution < 1.29 is 14.3 Å². The molecule has 0 unspecified atom stereocenters. The third-order valence-corrected chi connectivity index (χ3v) is 9.39. The highest BCUT2D eigenvalue weighted by atomic mass is 16.5. The standard InChI is InChI=1S/C33H41N3O3/c1-6-36-31(37)35-22-25-18-26(38-4)19-28(39-5)30(25)32(2,3)20-29(35)33(36)14-16-34(17-15-33)21-24-12-9-11-23-10-7-8-13-27(23)24/h7-8,10,12-13,18-20H,6,9,11,14-17,21-22H2,1-5H3. The first kappa shape index (κ1) is 26.0. The number of amides is 2. The van der Waals surface area contributed by atoms with Gasteiger partial charge >= 0.3 is 6.03 Å². The number of rotatable bonds is 5. The van der Waals surface area contributed by atoms with Crippen LogP contribution in [0.1, 0.15) is 62.3 Å². The van der Waals surface area contributed by atoms with Gasteiger partial charge in [0.15, 0.2) is 0 Å². The van der Waals surface area contributed by atoms with Gasteiger partial charge in [0.05, 0.1) is 26.3 Å². The van der Waals surface area contributed by atoms with Crippen molar-refractivity contribution in [3.8, 4) is 11.5 Å². The van der Waals surface area contributed by atoms with Gasteiger partial charge in [0, 0.05) is 48.9 Å².